The van der Waals surface area contributed by atoms with Gasteiger partial charge in [-0.15, -0.1) is 0 Å². The van der Waals surface area contributed by atoms with E-state index in [2.05, 4.69) is 5.32 Å². The minimum atomic E-state index is -0.712. The Hall–Kier alpha value is -3.47. The normalized spacial score (nSPS) is 12.1. The lowest BCUT2D eigenvalue weighted by Gasteiger charge is -2.16. The summed E-state index contributed by atoms with van der Waals surface area (Å²) in [5, 5.41) is 4.97. The third-order valence-electron chi connectivity index (χ3n) is 4.32. The summed E-state index contributed by atoms with van der Waals surface area (Å²) in [5.74, 6) is -1.56. The van der Waals surface area contributed by atoms with E-state index in [0.29, 0.717) is 0 Å². The van der Waals surface area contributed by atoms with Gasteiger partial charge in [0.2, 0.25) is 0 Å². The van der Waals surface area contributed by atoms with Crippen LogP contribution in [0.5, 0.6) is 0 Å². The fraction of sp³-hybridized carbons (Fsp3) is 0.130. The molecule has 1 N–H and O–H groups in total. The number of esters is 1. The molecule has 0 saturated carbocycles. The molecule has 0 spiro atoms. The predicted molar refractivity (Wildman–Crippen MR) is 107 cm³/mol. The minimum absolute atomic E-state index is 0.244. The maximum atomic E-state index is 13.5. The van der Waals surface area contributed by atoms with E-state index < -0.39 is 24.3 Å². The zero-order valence-corrected chi connectivity index (χ0v) is 15.4. The van der Waals surface area contributed by atoms with Crippen molar-refractivity contribution in [3.63, 3.8) is 0 Å². The molecule has 0 aromatic heterocycles. The maximum absolute atomic E-state index is 13.5. The van der Waals surface area contributed by atoms with E-state index >= 15 is 0 Å². The average Bonchev–Trinajstić information content (AvgIpc) is 2.71. The molecule has 28 heavy (non-hydrogen) atoms. The third kappa shape index (κ3) is 4.82. The lowest BCUT2D eigenvalue weighted by atomic mass is 10.00. The van der Waals surface area contributed by atoms with Crippen LogP contribution in [-0.4, -0.2) is 18.5 Å². The van der Waals surface area contributed by atoms with Gasteiger partial charge in [0.05, 0.1) is 6.04 Å². The minimum Gasteiger partial charge on any atom is -0.452 e. The Balaban J connectivity index is 1.55. The molecule has 0 unspecified atom stereocenters. The van der Waals surface area contributed by atoms with Crippen LogP contribution in [0.15, 0.2) is 72.8 Å². The number of rotatable bonds is 6. The van der Waals surface area contributed by atoms with Crippen molar-refractivity contribution in [2.75, 3.05) is 6.61 Å². The largest absolute Gasteiger partial charge is 0.452 e. The molecule has 0 radical (unpaired) electrons. The lowest BCUT2D eigenvalue weighted by Crippen LogP contribution is -2.31. The summed E-state index contributed by atoms with van der Waals surface area (Å²) in [4.78, 5) is 23.9. The highest BCUT2D eigenvalue weighted by Gasteiger charge is 2.13. The van der Waals surface area contributed by atoms with Crippen molar-refractivity contribution in [2.24, 2.45) is 0 Å². The molecule has 3 aromatic rings. The predicted octanol–water partition coefficient (Wildman–Crippen LogP) is 4.41. The topological polar surface area (TPSA) is 55.4 Å². The van der Waals surface area contributed by atoms with E-state index in [1.807, 2.05) is 49.4 Å². The molecule has 0 heterocycles. The van der Waals surface area contributed by atoms with Crippen LogP contribution in [0, 0.1) is 5.82 Å². The first-order chi connectivity index (χ1) is 13.5. The molecule has 0 aliphatic rings. The van der Waals surface area contributed by atoms with Crippen molar-refractivity contribution in [1.29, 1.82) is 0 Å². The van der Waals surface area contributed by atoms with Crippen LogP contribution in [0.25, 0.3) is 16.8 Å². The van der Waals surface area contributed by atoms with Gasteiger partial charge in [-0.05, 0) is 35.4 Å². The highest BCUT2D eigenvalue weighted by atomic mass is 19.1. The number of halogens is 1. The van der Waals surface area contributed by atoms with Crippen molar-refractivity contribution in [2.45, 2.75) is 13.0 Å². The van der Waals surface area contributed by atoms with Gasteiger partial charge in [0, 0.05) is 11.6 Å². The fourth-order valence-electron chi connectivity index (χ4n) is 2.94. The van der Waals surface area contributed by atoms with E-state index in [1.165, 1.54) is 18.2 Å². The molecule has 3 rings (SSSR count). The first kappa shape index (κ1) is 19.3. The quantitative estimate of drug-likeness (QED) is 0.511. The standard InChI is InChI=1S/C23H20FNO3/c1-16(19-11-6-9-17-7-2-4-10-20(17)19)25-22(26)15-28-23(27)14-13-18-8-3-5-12-21(18)24/h2-14,16H,15H2,1H3,(H,25,26)/b14-13+/t16-/m1/s1. The summed E-state index contributed by atoms with van der Waals surface area (Å²) < 4.78 is 18.4. The molecule has 4 nitrogen and oxygen atoms in total. The van der Waals surface area contributed by atoms with Crippen LogP contribution in [0.3, 0.4) is 0 Å². The second-order valence-electron chi connectivity index (χ2n) is 6.32. The van der Waals surface area contributed by atoms with Gasteiger partial charge in [-0.1, -0.05) is 60.7 Å². The van der Waals surface area contributed by atoms with Crippen LogP contribution >= 0.6 is 0 Å². The second kappa shape index (κ2) is 8.95. The average molecular weight is 377 g/mol. The van der Waals surface area contributed by atoms with Crippen LogP contribution < -0.4 is 5.32 Å². The molecule has 0 aliphatic carbocycles. The number of carbonyl (C=O) groups is 2. The Labute approximate surface area is 162 Å². The van der Waals surface area contributed by atoms with Gasteiger partial charge >= 0.3 is 5.97 Å². The summed E-state index contributed by atoms with van der Waals surface area (Å²) in [6, 6.07) is 19.6. The monoisotopic (exact) mass is 377 g/mol. The zero-order valence-electron chi connectivity index (χ0n) is 15.4. The van der Waals surface area contributed by atoms with Crippen LogP contribution in [0.4, 0.5) is 4.39 Å². The molecule has 142 valence electrons. The van der Waals surface area contributed by atoms with E-state index in [1.54, 1.807) is 12.1 Å². The first-order valence-corrected chi connectivity index (χ1v) is 8.91. The van der Waals surface area contributed by atoms with Crippen molar-refractivity contribution in [3.05, 3.63) is 89.8 Å². The maximum Gasteiger partial charge on any atom is 0.331 e. The highest BCUT2D eigenvalue weighted by molar-refractivity contribution is 5.90. The number of carbonyl (C=O) groups excluding carboxylic acids is 2. The smallest absolute Gasteiger partial charge is 0.331 e. The molecular formula is C23H20FNO3. The molecule has 0 saturated heterocycles. The van der Waals surface area contributed by atoms with Gasteiger partial charge < -0.3 is 10.1 Å². The van der Waals surface area contributed by atoms with E-state index in [-0.39, 0.29) is 11.6 Å². The summed E-state index contributed by atoms with van der Waals surface area (Å²) >= 11 is 0. The Morgan fingerprint density at radius 2 is 1.75 bits per heavy atom. The number of nitrogens with one attached hydrogen (secondary N) is 1. The van der Waals surface area contributed by atoms with Crippen LogP contribution in [-0.2, 0) is 14.3 Å². The van der Waals surface area contributed by atoms with Crippen molar-refractivity contribution in [1.82, 2.24) is 5.32 Å². The zero-order chi connectivity index (χ0) is 19.9. The number of ether oxygens (including phenoxy) is 1. The highest BCUT2D eigenvalue weighted by Crippen LogP contribution is 2.23. The van der Waals surface area contributed by atoms with Gasteiger partial charge in [-0.3, -0.25) is 4.79 Å². The van der Waals surface area contributed by atoms with E-state index in [9.17, 15) is 14.0 Å². The first-order valence-electron chi connectivity index (χ1n) is 8.91. The van der Waals surface area contributed by atoms with Crippen molar-refractivity contribution >= 4 is 28.7 Å². The molecule has 0 aliphatic heterocycles. The van der Waals surface area contributed by atoms with E-state index in [0.717, 1.165) is 22.4 Å². The van der Waals surface area contributed by atoms with Gasteiger partial charge in [-0.25, -0.2) is 9.18 Å². The number of benzene rings is 3. The fourth-order valence-corrected chi connectivity index (χ4v) is 2.94. The van der Waals surface area contributed by atoms with Gasteiger partial charge in [0.25, 0.3) is 5.91 Å². The molecule has 0 bridgehead atoms. The molecule has 1 amide bonds. The van der Waals surface area contributed by atoms with Crippen LogP contribution in [0.2, 0.25) is 0 Å². The summed E-state index contributed by atoms with van der Waals surface area (Å²) in [6.45, 7) is 1.47. The lowest BCUT2D eigenvalue weighted by molar-refractivity contribution is -0.144. The SMILES string of the molecule is C[C@@H](NC(=O)COC(=O)/C=C/c1ccccc1F)c1cccc2ccccc12. The molecule has 1 atom stereocenters. The second-order valence-corrected chi connectivity index (χ2v) is 6.32. The molecule has 5 heteroatoms. The third-order valence-corrected chi connectivity index (χ3v) is 4.32. The molecule has 3 aromatic carbocycles. The molecule has 0 fully saturated rings. The Morgan fingerprint density at radius 3 is 2.57 bits per heavy atom. The van der Waals surface area contributed by atoms with Crippen LogP contribution in [0.1, 0.15) is 24.1 Å². The van der Waals surface area contributed by atoms with Crippen molar-refractivity contribution in [3.8, 4) is 0 Å². The number of amides is 1. The van der Waals surface area contributed by atoms with Gasteiger partial charge in [-0.2, -0.15) is 0 Å². The van der Waals surface area contributed by atoms with Gasteiger partial charge in [0.15, 0.2) is 6.61 Å². The summed E-state index contributed by atoms with van der Waals surface area (Å²) in [7, 11) is 0. The van der Waals surface area contributed by atoms with E-state index in [4.69, 9.17) is 4.74 Å². The van der Waals surface area contributed by atoms with Gasteiger partial charge in [0.1, 0.15) is 5.82 Å². The molecular weight excluding hydrogens is 357 g/mol. The Kier molecular flexibility index (Phi) is 6.17. The number of fused-ring (bicyclic) bond motifs is 1. The van der Waals surface area contributed by atoms with Crippen molar-refractivity contribution < 1.29 is 18.7 Å². The Morgan fingerprint density at radius 1 is 1.04 bits per heavy atom. The Bertz CT molecular complexity index is 1020. The summed E-state index contributed by atoms with van der Waals surface area (Å²) in [5.41, 5.74) is 1.26. The number of hydrogen-bond donors (Lipinski definition) is 1. The number of hydrogen-bond acceptors (Lipinski definition) is 3. The summed E-state index contributed by atoms with van der Waals surface area (Å²) in [6.07, 6.45) is 2.41.